The second-order valence-electron chi connectivity index (χ2n) is 6.63. The number of halogens is 1. The van der Waals surface area contributed by atoms with Crippen molar-refractivity contribution < 1.29 is 16.3 Å². The standard InChI is InChI=1S/C16H27.BrH.Zn/c1-6-15(4)13(3)10-11-16(5)12(2)8-7-9-14(15)16;;/h8,13-14H,1,6-7,9-11H2,2-5H3;1H;/q-1;;+2/p-1/t13-,14-,15+,16-;;/m0../s1. The average molecular weight is 365 g/mol. The van der Waals surface area contributed by atoms with Crippen molar-refractivity contribution >= 4 is 13.6 Å². The molecule has 2 aliphatic rings. The molecule has 0 aromatic rings. The van der Waals surface area contributed by atoms with Crippen molar-refractivity contribution in [3.05, 3.63) is 18.6 Å². The van der Waals surface area contributed by atoms with Crippen LogP contribution in [-0.2, 0) is 16.3 Å². The third kappa shape index (κ3) is 2.66. The first-order chi connectivity index (χ1) is 8.45. The predicted octanol–water partition coefficient (Wildman–Crippen LogP) is 5.85. The van der Waals surface area contributed by atoms with E-state index in [9.17, 15) is 0 Å². The third-order valence-corrected chi connectivity index (χ3v) is 6.13. The van der Waals surface area contributed by atoms with Gasteiger partial charge in [0.2, 0.25) is 0 Å². The summed E-state index contributed by atoms with van der Waals surface area (Å²) in [6.07, 6.45) is 9.01. The van der Waals surface area contributed by atoms with Crippen LogP contribution in [0.4, 0.5) is 0 Å². The molecule has 0 bridgehead atoms. The fraction of sp³-hybridized carbons (Fsp3) is 0.812. The number of fused-ring (bicyclic) bond motifs is 1. The van der Waals surface area contributed by atoms with Crippen molar-refractivity contribution in [1.29, 1.82) is 0 Å². The van der Waals surface area contributed by atoms with E-state index in [4.69, 9.17) is 0 Å². The molecular weight excluding hydrogens is 337 g/mol. The van der Waals surface area contributed by atoms with Crippen LogP contribution in [-0.4, -0.2) is 0 Å². The van der Waals surface area contributed by atoms with Gasteiger partial charge in [-0.3, -0.25) is 0 Å². The first kappa shape index (κ1) is 16.9. The molecule has 0 saturated heterocycles. The van der Waals surface area contributed by atoms with E-state index in [1.807, 2.05) is 0 Å². The molecule has 2 rings (SSSR count). The molecule has 0 spiro atoms. The van der Waals surface area contributed by atoms with Crippen LogP contribution in [0, 0.1) is 29.6 Å². The molecule has 0 unspecified atom stereocenters. The Hall–Kier alpha value is 0.843. The molecule has 18 heavy (non-hydrogen) atoms. The third-order valence-electron chi connectivity index (χ3n) is 6.13. The van der Waals surface area contributed by atoms with E-state index in [1.165, 1.54) is 42.0 Å². The Labute approximate surface area is 130 Å². The summed E-state index contributed by atoms with van der Waals surface area (Å²) in [4.78, 5) is 0. The summed E-state index contributed by atoms with van der Waals surface area (Å²) in [7, 11) is 0. The van der Waals surface area contributed by atoms with E-state index >= 15 is 0 Å². The molecule has 0 N–H and O–H groups in total. The minimum atomic E-state index is 0.461. The van der Waals surface area contributed by atoms with Crippen LogP contribution in [0.15, 0.2) is 11.6 Å². The molecule has 100 valence electrons. The van der Waals surface area contributed by atoms with Crippen LogP contribution in [0.25, 0.3) is 0 Å². The van der Waals surface area contributed by atoms with Gasteiger partial charge in [-0.05, 0) is 49.9 Å². The van der Waals surface area contributed by atoms with Crippen LogP contribution in [0.5, 0.6) is 0 Å². The Bertz CT molecular complexity index is 312. The van der Waals surface area contributed by atoms with Crippen LogP contribution in [0.1, 0.15) is 59.8 Å². The molecule has 0 aromatic carbocycles. The first-order valence-electron chi connectivity index (χ1n) is 7.18. The number of rotatable bonds is 1. The van der Waals surface area contributed by atoms with Gasteiger partial charge in [-0.25, -0.2) is 0 Å². The second kappa shape index (κ2) is 6.53. The van der Waals surface area contributed by atoms with Crippen molar-refractivity contribution in [2.24, 2.45) is 22.7 Å². The monoisotopic (exact) mass is 362 g/mol. The van der Waals surface area contributed by atoms with Crippen molar-refractivity contribution in [3.63, 3.8) is 0 Å². The fourth-order valence-corrected chi connectivity index (χ4v) is 4.33. The minimum absolute atomic E-state index is 0.461. The summed E-state index contributed by atoms with van der Waals surface area (Å²) in [5.41, 5.74) is 2.58. The van der Waals surface area contributed by atoms with Gasteiger partial charge in [-0.1, -0.05) is 37.8 Å². The summed E-state index contributed by atoms with van der Waals surface area (Å²) in [5.74, 6) is 1.69. The predicted molar refractivity (Wildman–Crippen MR) is 80.0 cm³/mol. The van der Waals surface area contributed by atoms with Crippen LogP contribution >= 0.6 is 13.6 Å². The Morgan fingerprint density at radius 1 is 1.39 bits per heavy atom. The zero-order valence-electron chi connectivity index (χ0n) is 12.6. The molecule has 1 saturated carbocycles. The topological polar surface area (TPSA) is 0 Å². The summed E-state index contributed by atoms with van der Waals surface area (Å²) < 4.78 is 0. The van der Waals surface area contributed by atoms with Crippen molar-refractivity contribution in [3.8, 4) is 0 Å². The molecule has 1 fully saturated rings. The van der Waals surface area contributed by atoms with Gasteiger partial charge in [-0.2, -0.15) is 6.42 Å². The van der Waals surface area contributed by atoms with Crippen molar-refractivity contribution in [2.75, 3.05) is 0 Å². The molecule has 0 aromatic heterocycles. The van der Waals surface area contributed by atoms with E-state index in [2.05, 4.69) is 54.3 Å². The maximum atomic E-state index is 4.26. The van der Waals surface area contributed by atoms with Crippen LogP contribution in [0.2, 0.25) is 0 Å². The zero-order chi connectivity index (χ0) is 14.0. The van der Waals surface area contributed by atoms with E-state index < -0.39 is 0 Å². The molecular formula is C16H27BrZn. The second-order valence-corrected chi connectivity index (χ2v) is 6.63. The molecule has 0 nitrogen and oxygen atoms in total. The van der Waals surface area contributed by atoms with E-state index in [0.29, 0.717) is 10.8 Å². The van der Waals surface area contributed by atoms with Gasteiger partial charge in [0.15, 0.2) is 0 Å². The van der Waals surface area contributed by atoms with E-state index in [0.717, 1.165) is 18.3 Å². The van der Waals surface area contributed by atoms with Gasteiger partial charge in [-0.15, -0.1) is 0 Å². The van der Waals surface area contributed by atoms with Gasteiger partial charge in [0.1, 0.15) is 0 Å². The quantitative estimate of drug-likeness (QED) is 0.311. The molecule has 0 aliphatic heterocycles. The summed E-state index contributed by atoms with van der Waals surface area (Å²) in [6, 6.07) is 0. The van der Waals surface area contributed by atoms with Gasteiger partial charge >= 0.3 is 30.0 Å². The average Bonchev–Trinajstić information content (AvgIpc) is 2.39. The van der Waals surface area contributed by atoms with Gasteiger partial charge in [0.05, 0.1) is 0 Å². The van der Waals surface area contributed by atoms with Gasteiger partial charge in [0, 0.05) is 0 Å². The van der Waals surface area contributed by atoms with Gasteiger partial charge < -0.3 is 6.92 Å². The van der Waals surface area contributed by atoms with E-state index in [1.54, 1.807) is 5.57 Å². The Morgan fingerprint density at radius 3 is 2.56 bits per heavy atom. The number of hydrogen-bond acceptors (Lipinski definition) is 0. The maximum absolute atomic E-state index is 4.26. The zero-order valence-corrected chi connectivity index (χ0v) is 17.1. The number of hydrogen-bond donors (Lipinski definition) is 0. The summed E-state index contributed by atoms with van der Waals surface area (Å²) >= 11 is 4.25. The summed E-state index contributed by atoms with van der Waals surface area (Å²) in [5, 5.41) is 0. The van der Waals surface area contributed by atoms with E-state index in [-0.39, 0.29) is 0 Å². The molecule has 0 heterocycles. The molecule has 2 aliphatic carbocycles. The number of allylic oxidation sites excluding steroid dienone is 2. The fourth-order valence-electron chi connectivity index (χ4n) is 4.33. The normalized spacial score (nSPS) is 43.4. The van der Waals surface area contributed by atoms with Crippen LogP contribution in [0.3, 0.4) is 0 Å². The SMILES string of the molecule is [CH2-]C[C@]1(C)[C@@H](C)CC[C@@]2(C)C(C)=CCC[C@@H]12.[Zn+][Br]. The Kier molecular flexibility index (Phi) is 6.13. The molecule has 4 atom stereocenters. The molecule has 0 radical (unpaired) electrons. The molecule has 2 heteroatoms. The summed E-state index contributed by atoms with van der Waals surface area (Å²) in [6.45, 7) is 14.0. The van der Waals surface area contributed by atoms with Crippen molar-refractivity contribution in [1.82, 2.24) is 0 Å². The Balaban J connectivity index is 0.000000771. The van der Waals surface area contributed by atoms with Crippen LogP contribution < -0.4 is 0 Å². The molecule has 0 amide bonds. The van der Waals surface area contributed by atoms with Crippen molar-refractivity contribution in [2.45, 2.75) is 59.8 Å². The van der Waals surface area contributed by atoms with Gasteiger partial charge in [0.25, 0.3) is 0 Å². The Morgan fingerprint density at radius 2 is 2.00 bits per heavy atom. The first-order valence-corrected chi connectivity index (χ1v) is 14.1.